The van der Waals surface area contributed by atoms with Crippen LogP contribution >= 0.6 is 0 Å². The van der Waals surface area contributed by atoms with Crippen molar-refractivity contribution in [3.63, 3.8) is 0 Å². The van der Waals surface area contributed by atoms with E-state index in [1.807, 2.05) is 29.2 Å². The van der Waals surface area contributed by atoms with Gasteiger partial charge in [-0.1, -0.05) is 30.3 Å². The fourth-order valence-corrected chi connectivity index (χ4v) is 3.74. The molecule has 2 aromatic rings. The molecular formula is C19H20N2O2. The molecule has 4 heteroatoms. The number of carbonyl (C=O) groups excluding carboxylic acids is 1. The van der Waals surface area contributed by atoms with Crippen LogP contribution in [0.4, 0.5) is 5.69 Å². The van der Waals surface area contributed by atoms with Crippen LogP contribution in [0.3, 0.4) is 0 Å². The number of benzene rings is 2. The van der Waals surface area contributed by atoms with Gasteiger partial charge in [0, 0.05) is 25.3 Å². The topological polar surface area (TPSA) is 32.8 Å². The molecule has 2 aliphatic heterocycles. The Balaban J connectivity index is 1.54. The third kappa shape index (κ3) is 2.34. The second-order valence-corrected chi connectivity index (χ2v) is 6.13. The molecule has 1 saturated heterocycles. The Bertz CT molecular complexity index is 744. The molecule has 1 atom stereocenters. The summed E-state index contributed by atoms with van der Waals surface area (Å²) in [4.78, 5) is 17.3. The van der Waals surface area contributed by atoms with E-state index in [4.69, 9.17) is 4.74 Å². The van der Waals surface area contributed by atoms with Crippen molar-refractivity contribution in [3.8, 4) is 5.75 Å². The van der Waals surface area contributed by atoms with E-state index in [1.54, 1.807) is 7.11 Å². The normalized spacial score (nSPS) is 19.3. The Morgan fingerprint density at radius 3 is 2.74 bits per heavy atom. The second kappa shape index (κ2) is 5.61. The van der Waals surface area contributed by atoms with Gasteiger partial charge in [0.2, 0.25) is 0 Å². The molecule has 0 radical (unpaired) electrons. The number of para-hydroxylation sites is 2. The van der Waals surface area contributed by atoms with Crippen molar-refractivity contribution >= 4 is 11.6 Å². The first-order valence-electron chi connectivity index (χ1n) is 8.05. The zero-order chi connectivity index (χ0) is 15.8. The lowest BCUT2D eigenvalue weighted by molar-refractivity contribution is 0.0722. The van der Waals surface area contributed by atoms with Crippen LogP contribution in [-0.2, 0) is 6.42 Å². The highest BCUT2D eigenvalue weighted by Gasteiger charge is 2.35. The standard InChI is InChI=1S/C19H20N2O2/c1-23-18-9-5-3-7-16(18)19(22)20-10-11-21-15(13-20)12-14-6-2-4-8-17(14)21/h2-9,15H,10-13H2,1H3. The quantitative estimate of drug-likeness (QED) is 0.855. The van der Waals surface area contributed by atoms with Crippen molar-refractivity contribution in [2.45, 2.75) is 12.5 Å². The van der Waals surface area contributed by atoms with E-state index in [2.05, 4.69) is 29.2 Å². The van der Waals surface area contributed by atoms with Crippen molar-refractivity contribution in [1.82, 2.24) is 4.90 Å². The summed E-state index contributed by atoms with van der Waals surface area (Å²) in [6.45, 7) is 2.41. The molecule has 1 unspecified atom stereocenters. The highest BCUT2D eigenvalue weighted by Crippen LogP contribution is 2.34. The lowest BCUT2D eigenvalue weighted by atomic mass is 10.1. The number of carbonyl (C=O) groups is 1. The Morgan fingerprint density at radius 1 is 1.09 bits per heavy atom. The van der Waals surface area contributed by atoms with Gasteiger partial charge in [-0.3, -0.25) is 4.79 Å². The van der Waals surface area contributed by atoms with Gasteiger partial charge in [-0.25, -0.2) is 0 Å². The predicted octanol–water partition coefficient (Wildman–Crippen LogP) is 2.58. The van der Waals surface area contributed by atoms with Crippen LogP contribution in [0.15, 0.2) is 48.5 Å². The summed E-state index contributed by atoms with van der Waals surface area (Å²) in [5.41, 5.74) is 3.38. The van der Waals surface area contributed by atoms with Crippen molar-refractivity contribution in [2.24, 2.45) is 0 Å². The summed E-state index contributed by atoms with van der Waals surface area (Å²) < 4.78 is 5.34. The van der Waals surface area contributed by atoms with Crippen LogP contribution in [0.25, 0.3) is 0 Å². The van der Waals surface area contributed by atoms with Gasteiger partial charge in [-0.05, 0) is 30.2 Å². The van der Waals surface area contributed by atoms with Crippen molar-refractivity contribution < 1.29 is 9.53 Å². The molecule has 0 aliphatic carbocycles. The molecule has 2 aromatic carbocycles. The number of methoxy groups -OCH3 is 1. The molecular weight excluding hydrogens is 288 g/mol. The summed E-state index contributed by atoms with van der Waals surface area (Å²) in [5, 5.41) is 0. The number of nitrogens with zero attached hydrogens (tertiary/aromatic N) is 2. The number of hydrogen-bond donors (Lipinski definition) is 0. The molecule has 0 bridgehead atoms. The fraction of sp³-hybridized carbons (Fsp3) is 0.316. The summed E-state index contributed by atoms with van der Waals surface area (Å²) in [5.74, 6) is 0.715. The minimum absolute atomic E-state index is 0.0676. The van der Waals surface area contributed by atoms with Crippen LogP contribution in [0, 0.1) is 0 Å². The average molecular weight is 308 g/mol. The van der Waals surface area contributed by atoms with E-state index in [0.29, 0.717) is 17.4 Å². The van der Waals surface area contributed by atoms with E-state index >= 15 is 0 Å². The fourth-order valence-electron chi connectivity index (χ4n) is 3.74. The number of hydrogen-bond acceptors (Lipinski definition) is 3. The molecule has 0 saturated carbocycles. The number of piperazine rings is 1. The number of amides is 1. The Kier molecular flexibility index (Phi) is 3.45. The van der Waals surface area contributed by atoms with Gasteiger partial charge in [0.15, 0.2) is 0 Å². The molecule has 118 valence electrons. The van der Waals surface area contributed by atoms with Crippen molar-refractivity contribution in [3.05, 3.63) is 59.7 Å². The minimum atomic E-state index is 0.0676. The van der Waals surface area contributed by atoms with Gasteiger partial charge in [-0.15, -0.1) is 0 Å². The van der Waals surface area contributed by atoms with Crippen LogP contribution in [0.1, 0.15) is 15.9 Å². The molecule has 2 heterocycles. The molecule has 0 spiro atoms. The highest BCUT2D eigenvalue weighted by atomic mass is 16.5. The maximum atomic E-state index is 12.9. The minimum Gasteiger partial charge on any atom is -0.496 e. The summed E-state index contributed by atoms with van der Waals surface area (Å²) >= 11 is 0. The predicted molar refractivity (Wildman–Crippen MR) is 90.2 cm³/mol. The van der Waals surface area contributed by atoms with E-state index in [-0.39, 0.29) is 5.91 Å². The lowest BCUT2D eigenvalue weighted by Crippen LogP contribution is -2.53. The van der Waals surface area contributed by atoms with E-state index in [0.717, 1.165) is 26.1 Å². The van der Waals surface area contributed by atoms with Crippen LogP contribution < -0.4 is 9.64 Å². The number of rotatable bonds is 2. The van der Waals surface area contributed by atoms with Crippen LogP contribution in [0.2, 0.25) is 0 Å². The van der Waals surface area contributed by atoms with Gasteiger partial charge < -0.3 is 14.5 Å². The molecule has 4 nitrogen and oxygen atoms in total. The van der Waals surface area contributed by atoms with E-state index in [9.17, 15) is 4.79 Å². The van der Waals surface area contributed by atoms with E-state index < -0.39 is 0 Å². The monoisotopic (exact) mass is 308 g/mol. The Hall–Kier alpha value is -2.49. The molecule has 1 fully saturated rings. The van der Waals surface area contributed by atoms with Gasteiger partial charge >= 0.3 is 0 Å². The zero-order valence-corrected chi connectivity index (χ0v) is 13.2. The largest absolute Gasteiger partial charge is 0.496 e. The Morgan fingerprint density at radius 2 is 1.87 bits per heavy atom. The number of fused-ring (bicyclic) bond motifs is 3. The summed E-state index contributed by atoms with van der Waals surface area (Å²) in [6.07, 6.45) is 1.02. The second-order valence-electron chi connectivity index (χ2n) is 6.13. The molecule has 23 heavy (non-hydrogen) atoms. The first kappa shape index (κ1) is 14.1. The van der Waals surface area contributed by atoms with Gasteiger partial charge in [0.25, 0.3) is 5.91 Å². The SMILES string of the molecule is COc1ccccc1C(=O)N1CCN2c3ccccc3CC2C1. The number of ether oxygens (including phenoxy) is 1. The third-order valence-electron chi connectivity index (χ3n) is 4.86. The molecule has 2 aliphatic rings. The zero-order valence-electron chi connectivity index (χ0n) is 13.2. The van der Waals surface area contributed by atoms with Gasteiger partial charge in [0.05, 0.1) is 18.7 Å². The number of anilines is 1. The third-order valence-corrected chi connectivity index (χ3v) is 4.86. The highest BCUT2D eigenvalue weighted by molar-refractivity contribution is 5.97. The molecule has 1 amide bonds. The first-order chi connectivity index (χ1) is 11.3. The Labute approximate surface area is 136 Å². The first-order valence-corrected chi connectivity index (χ1v) is 8.05. The maximum absolute atomic E-state index is 12.9. The maximum Gasteiger partial charge on any atom is 0.257 e. The van der Waals surface area contributed by atoms with E-state index in [1.165, 1.54) is 11.3 Å². The smallest absolute Gasteiger partial charge is 0.257 e. The van der Waals surface area contributed by atoms with Crippen molar-refractivity contribution in [1.29, 1.82) is 0 Å². The molecule has 4 rings (SSSR count). The lowest BCUT2D eigenvalue weighted by Gasteiger charge is -2.39. The molecule has 0 aromatic heterocycles. The van der Waals surface area contributed by atoms with Crippen LogP contribution in [-0.4, -0.2) is 43.6 Å². The van der Waals surface area contributed by atoms with Gasteiger partial charge in [0.1, 0.15) is 5.75 Å². The van der Waals surface area contributed by atoms with Gasteiger partial charge in [-0.2, -0.15) is 0 Å². The summed E-state index contributed by atoms with van der Waals surface area (Å²) in [7, 11) is 1.61. The summed E-state index contributed by atoms with van der Waals surface area (Å²) in [6, 6.07) is 16.4. The van der Waals surface area contributed by atoms with Crippen LogP contribution in [0.5, 0.6) is 5.75 Å². The molecule has 0 N–H and O–H groups in total. The average Bonchev–Trinajstić information content (AvgIpc) is 2.98. The van der Waals surface area contributed by atoms with Crippen molar-refractivity contribution in [2.75, 3.05) is 31.6 Å².